The first-order chi connectivity index (χ1) is 12.7. The molecule has 0 unspecified atom stereocenters. The van der Waals surface area contributed by atoms with E-state index in [0.29, 0.717) is 11.3 Å². The first kappa shape index (κ1) is 18.8. The molecule has 27 heavy (non-hydrogen) atoms. The first-order valence-electron chi connectivity index (χ1n) is 7.58. The lowest BCUT2D eigenvalue weighted by atomic mass is 10.2. The lowest BCUT2D eigenvalue weighted by Crippen LogP contribution is -2.27. The number of alkyl halides is 3. The van der Waals surface area contributed by atoms with Crippen LogP contribution >= 0.6 is 11.3 Å². The van der Waals surface area contributed by atoms with Crippen molar-refractivity contribution in [1.29, 1.82) is 0 Å². The Kier molecular flexibility index (Phi) is 5.13. The van der Waals surface area contributed by atoms with Crippen molar-refractivity contribution in [2.75, 3.05) is 11.9 Å². The van der Waals surface area contributed by atoms with Crippen LogP contribution in [0.4, 0.5) is 23.4 Å². The summed E-state index contributed by atoms with van der Waals surface area (Å²) in [5, 5.41) is 1.23. The van der Waals surface area contributed by atoms with Gasteiger partial charge in [-0.05, 0) is 30.3 Å². The molecule has 3 aromatic rings. The van der Waals surface area contributed by atoms with Gasteiger partial charge in [0, 0.05) is 30.1 Å². The Balaban J connectivity index is 1.77. The highest BCUT2D eigenvalue weighted by Crippen LogP contribution is 2.37. The number of nitrogens with zero attached hydrogens (tertiary/aromatic N) is 2. The van der Waals surface area contributed by atoms with Gasteiger partial charge in [-0.3, -0.25) is 9.69 Å². The van der Waals surface area contributed by atoms with Gasteiger partial charge in [0.2, 0.25) is 5.88 Å². The van der Waals surface area contributed by atoms with Crippen LogP contribution < -0.4 is 9.64 Å². The van der Waals surface area contributed by atoms with Crippen molar-refractivity contribution in [2.45, 2.75) is 6.18 Å². The summed E-state index contributed by atoms with van der Waals surface area (Å²) in [5.41, 5.74) is 0.264. The summed E-state index contributed by atoms with van der Waals surface area (Å²) >= 11 is 0.517. The van der Waals surface area contributed by atoms with Crippen LogP contribution in [0.2, 0.25) is 0 Å². The normalized spacial score (nSPS) is 11.3. The molecule has 3 rings (SSSR count). The molecule has 1 aromatic carbocycles. The Bertz CT molecular complexity index is 954. The minimum absolute atomic E-state index is 0.00416. The zero-order valence-corrected chi connectivity index (χ0v) is 14.6. The van der Waals surface area contributed by atoms with Crippen LogP contribution in [0.1, 0.15) is 15.2 Å². The Hall–Kier alpha value is -2.94. The van der Waals surface area contributed by atoms with Gasteiger partial charge in [0.1, 0.15) is 22.3 Å². The van der Waals surface area contributed by atoms with E-state index in [-0.39, 0.29) is 23.0 Å². The molecular formula is C18H12F4N2O2S. The maximum atomic E-state index is 13.0. The molecule has 2 heterocycles. The van der Waals surface area contributed by atoms with Gasteiger partial charge in [-0.1, -0.05) is 6.07 Å². The fraction of sp³-hybridized carbons (Fsp3) is 0.111. The predicted molar refractivity (Wildman–Crippen MR) is 92.8 cm³/mol. The van der Waals surface area contributed by atoms with Gasteiger partial charge < -0.3 is 4.74 Å². The lowest BCUT2D eigenvalue weighted by Gasteiger charge is -2.17. The number of anilines is 1. The van der Waals surface area contributed by atoms with Crippen molar-refractivity contribution in [3.63, 3.8) is 0 Å². The Labute approximate surface area is 155 Å². The zero-order chi connectivity index (χ0) is 19.6. The number of hydrogen-bond acceptors (Lipinski definition) is 4. The molecule has 1 amide bonds. The summed E-state index contributed by atoms with van der Waals surface area (Å²) in [5.74, 6) is -0.610. The van der Waals surface area contributed by atoms with Crippen LogP contribution in [0.25, 0.3) is 0 Å². The number of hydrogen-bond donors (Lipinski definition) is 0. The van der Waals surface area contributed by atoms with Crippen LogP contribution in [-0.4, -0.2) is 17.9 Å². The molecule has 0 atom stereocenters. The number of rotatable bonds is 4. The molecule has 0 fully saturated rings. The quantitative estimate of drug-likeness (QED) is 0.557. The summed E-state index contributed by atoms with van der Waals surface area (Å²) in [7, 11) is 1.48. The highest BCUT2D eigenvalue weighted by molar-refractivity contribution is 7.10. The highest BCUT2D eigenvalue weighted by Gasteiger charge is 2.32. The third-order valence-corrected chi connectivity index (χ3v) is 4.48. The number of halogens is 4. The van der Waals surface area contributed by atoms with E-state index < -0.39 is 22.8 Å². The number of carbonyl (C=O) groups excluding carboxylic acids is 1. The molecule has 0 aliphatic heterocycles. The topological polar surface area (TPSA) is 42.4 Å². The minimum atomic E-state index is -4.44. The second kappa shape index (κ2) is 7.36. The van der Waals surface area contributed by atoms with Crippen LogP contribution in [0.3, 0.4) is 0 Å². The number of carbonyl (C=O) groups is 1. The smallest absolute Gasteiger partial charge is 0.425 e. The maximum absolute atomic E-state index is 13.0. The van der Waals surface area contributed by atoms with Crippen molar-refractivity contribution >= 4 is 23.1 Å². The third-order valence-electron chi connectivity index (χ3n) is 3.53. The first-order valence-corrected chi connectivity index (χ1v) is 8.46. The molecule has 4 nitrogen and oxygen atoms in total. The molecule has 0 N–H and O–H groups in total. The van der Waals surface area contributed by atoms with E-state index in [0.717, 1.165) is 6.07 Å². The van der Waals surface area contributed by atoms with E-state index in [1.165, 1.54) is 47.7 Å². The Morgan fingerprint density at radius 2 is 1.85 bits per heavy atom. The van der Waals surface area contributed by atoms with Gasteiger partial charge in [-0.15, -0.1) is 11.3 Å². The fourth-order valence-electron chi connectivity index (χ4n) is 2.18. The highest BCUT2D eigenvalue weighted by atomic mass is 32.1. The van der Waals surface area contributed by atoms with Crippen LogP contribution in [-0.2, 0) is 6.18 Å². The summed E-state index contributed by atoms with van der Waals surface area (Å²) in [4.78, 5) is 17.0. The van der Waals surface area contributed by atoms with Gasteiger partial charge in [0.15, 0.2) is 0 Å². The number of aromatic nitrogens is 1. The number of thiophene rings is 1. The lowest BCUT2D eigenvalue weighted by molar-refractivity contribution is -0.134. The average molecular weight is 396 g/mol. The predicted octanol–water partition coefficient (Wildman–Crippen LogP) is 5.37. The molecule has 0 saturated carbocycles. The van der Waals surface area contributed by atoms with E-state index in [4.69, 9.17) is 4.74 Å². The molecular weight excluding hydrogens is 384 g/mol. The number of pyridine rings is 1. The molecule has 2 aromatic heterocycles. The van der Waals surface area contributed by atoms with E-state index in [1.807, 2.05) is 0 Å². The van der Waals surface area contributed by atoms with Crippen molar-refractivity contribution in [3.8, 4) is 11.6 Å². The van der Waals surface area contributed by atoms with Crippen molar-refractivity contribution in [1.82, 2.24) is 4.98 Å². The molecule has 140 valence electrons. The molecule has 9 heteroatoms. The van der Waals surface area contributed by atoms with Crippen molar-refractivity contribution < 1.29 is 27.1 Å². The standard InChI is InChI=1S/C18H12F4N2O2S/c1-24(17(25)11-5-7-12(19)8-6-11)15-3-2-4-16(23-15)26-13-9-14(27-10-13)18(20,21)22/h2-10H,1H3. The van der Waals surface area contributed by atoms with E-state index >= 15 is 0 Å². The van der Waals surface area contributed by atoms with Crippen LogP contribution in [0, 0.1) is 5.82 Å². The molecule has 0 saturated heterocycles. The molecule has 0 aliphatic rings. The molecule has 0 bridgehead atoms. The minimum Gasteiger partial charge on any atom is -0.438 e. The average Bonchev–Trinajstić information content (AvgIpc) is 3.10. The number of ether oxygens (including phenoxy) is 1. The summed E-state index contributed by atoms with van der Waals surface area (Å²) in [6, 6.07) is 10.5. The SMILES string of the molecule is CN(C(=O)c1ccc(F)cc1)c1cccc(Oc2csc(C(F)(F)F)c2)n1. The molecule has 0 aliphatic carbocycles. The summed E-state index contributed by atoms with van der Waals surface area (Å²) < 4.78 is 56.3. The largest absolute Gasteiger partial charge is 0.438 e. The second-order valence-electron chi connectivity index (χ2n) is 5.45. The maximum Gasteiger partial charge on any atom is 0.425 e. The molecule has 0 spiro atoms. The Morgan fingerprint density at radius 3 is 2.48 bits per heavy atom. The summed E-state index contributed by atoms with van der Waals surface area (Å²) in [6.07, 6.45) is -4.44. The Morgan fingerprint density at radius 1 is 1.15 bits per heavy atom. The fourth-order valence-corrected chi connectivity index (χ4v) is 2.86. The van der Waals surface area contributed by atoms with E-state index in [2.05, 4.69) is 4.98 Å². The van der Waals surface area contributed by atoms with Gasteiger partial charge in [0.05, 0.1) is 0 Å². The zero-order valence-electron chi connectivity index (χ0n) is 13.8. The number of amides is 1. The molecule has 0 radical (unpaired) electrons. The van der Waals surface area contributed by atoms with Crippen molar-refractivity contribution in [3.05, 3.63) is 70.2 Å². The van der Waals surface area contributed by atoms with Crippen LogP contribution in [0.15, 0.2) is 53.9 Å². The van der Waals surface area contributed by atoms with Gasteiger partial charge in [-0.25, -0.2) is 4.39 Å². The second-order valence-corrected chi connectivity index (χ2v) is 6.36. The van der Waals surface area contributed by atoms with Crippen LogP contribution in [0.5, 0.6) is 11.6 Å². The van der Waals surface area contributed by atoms with Gasteiger partial charge in [0.25, 0.3) is 5.91 Å². The summed E-state index contributed by atoms with van der Waals surface area (Å²) in [6.45, 7) is 0. The van der Waals surface area contributed by atoms with Gasteiger partial charge in [-0.2, -0.15) is 18.2 Å². The van der Waals surface area contributed by atoms with E-state index in [9.17, 15) is 22.4 Å². The van der Waals surface area contributed by atoms with Crippen molar-refractivity contribution in [2.24, 2.45) is 0 Å². The van der Waals surface area contributed by atoms with Gasteiger partial charge >= 0.3 is 6.18 Å². The third kappa shape index (κ3) is 4.43. The van der Waals surface area contributed by atoms with E-state index in [1.54, 1.807) is 12.1 Å². The number of benzene rings is 1. The monoisotopic (exact) mass is 396 g/mol.